The van der Waals surface area contributed by atoms with Crippen LogP contribution < -0.4 is 10.1 Å². The van der Waals surface area contributed by atoms with Gasteiger partial charge >= 0.3 is 0 Å². The number of rotatable bonds is 8. The average Bonchev–Trinajstić information content (AvgIpc) is 3.31. The Bertz CT molecular complexity index is 796. The van der Waals surface area contributed by atoms with Crippen LogP contribution in [-0.2, 0) is 11.3 Å². The molecule has 0 unspecified atom stereocenters. The van der Waals surface area contributed by atoms with Crippen LogP contribution in [0.1, 0.15) is 37.8 Å². The lowest BCUT2D eigenvalue weighted by Crippen LogP contribution is -2.28. The van der Waals surface area contributed by atoms with E-state index in [1.165, 1.54) is 19.8 Å². The number of nitrogens with one attached hydrogen (secondary N) is 1. The summed E-state index contributed by atoms with van der Waals surface area (Å²) in [5.41, 5.74) is 1.97. The third-order valence-electron chi connectivity index (χ3n) is 4.20. The summed E-state index contributed by atoms with van der Waals surface area (Å²) in [6, 6.07) is 5.80. The van der Waals surface area contributed by atoms with Gasteiger partial charge in [-0.2, -0.15) is 5.10 Å². The molecule has 1 aromatic carbocycles. The van der Waals surface area contributed by atoms with E-state index in [-0.39, 0.29) is 11.9 Å². The van der Waals surface area contributed by atoms with Crippen LogP contribution in [0.3, 0.4) is 0 Å². The van der Waals surface area contributed by atoms with E-state index in [0.717, 1.165) is 29.4 Å². The molecule has 0 aliphatic heterocycles. The Morgan fingerprint density at radius 1 is 1.50 bits per heavy atom. The minimum absolute atomic E-state index is 0.0199. The van der Waals surface area contributed by atoms with Gasteiger partial charge in [0.15, 0.2) is 0 Å². The molecule has 1 atom stereocenters. The highest BCUT2D eigenvalue weighted by Gasteiger charge is 2.22. The number of ether oxygens (including phenoxy) is 1. The Kier molecular flexibility index (Phi) is 5.99. The molecule has 0 radical (unpaired) electrons. The largest absolute Gasteiger partial charge is 0.493 e. The first kappa shape index (κ1) is 18.5. The zero-order chi connectivity index (χ0) is 18.5. The summed E-state index contributed by atoms with van der Waals surface area (Å²) in [5.74, 6) is 1.50. The highest BCUT2D eigenvalue weighted by molar-refractivity contribution is 6.31. The van der Waals surface area contributed by atoms with Crippen molar-refractivity contribution in [1.29, 1.82) is 0 Å². The summed E-state index contributed by atoms with van der Waals surface area (Å²) in [7, 11) is 0. The lowest BCUT2D eigenvalue weighted by Gasteiger charge is -2.09. The van der Waals surface area contributed by atoms with Crippen molar-refractivity contribution >= 4 is 23.6 Å². The fourth-order valence-corrected chi connectivity index (χ4v) is 2.83. The van der Waals surface area contributed by atoms with E-state index in [1.54, 1.807) is 6.20 Å². The van der Waals surface area contributed by atoms with Crippen molar-refractivity contribution in [3.8, 4) is 5.75 Å². The zero-order valence-corrected chi connectivity index (χ0v) is 15.9. The van der Waals surface area contributed by atoms with Gasteiger partial charge in [0, 0.05) is 29.7 Å². The number of amides is 1. The quantitative estimate of drug-likeness (QED) is 0.763. The molecular weight excluding hydrogens is 350 g/mol. The van der Waals surface area contributed by atoms with Crippen LogP contribution in [-0.4, -0.2) is 28.3 Å². The van der Waals surface area contributed by atoms with Crippen molar-refractivity contribution in [2.75, 3.05) is 6.61 Å². The predicted molar refractivity (Wildman–Crippen MR) is 103 cm³/mol. The van der Waals surface area contributed by atoms with Crippen LogP contribution in [0.5, 0.6) is 5.75 Å². The number of benzene rings is 1. The molecule has 6 heteroatoms. The molecule has 1 aliphatic rings. The van der Waals surface area contributed by atoms with Crippen LogP contribution in [0.2, 0.25) is 5.02 Å². The van der Waals surface area contributed by atoms with E-state index in [0.29, 0.717) is 11.6 Å². The van der Waals surface area contributed by atoms with E-state index in [4.69, 9.17) is 16.3 Å². The molecule has 1 aromatic heterocycles. The third-order valence-corrected chi connectivity index (χ3v) is 4.55. The number of nitrogens with zero attached hydrogens (tertiary/aromatic N) is 2. The summed E-state index contributed by atoms with van der Waals surface area (Å²) < 4.78 is 7.60. The minimum atomic E-state index is -0.0444. The Labute approximate surface area is 159 Å². The van der Waals surface area contributed by atoms with Crippen molar-refractivity contribution in [3.05, 3.63) is 52.8 Å². The van der Waals surface area contributed by atoms with Gasteiger partial charge in [-0.05, 0) is 43.4 Å². The molecular formula is C20H24ClN3O2. The van der Waals surface area contributed by atoms with Gasteiger partial charge < -0.3 is 10.1 Å². The standard InChI is InChI=1S/C20H24ClN3O2/c1-14(23-15(2)25)3-4-17-10-22-24(11-17)12-18-7-8-19(9-20(18)21)26-13-16-5-6-16/h3-4,7-11,14,16H,5-6,12-13H2,1-2H3,(H,23,25)/b4-3+/t14-/m0/s1. The Morgan fingerprint density at radius 2 is 2.31 bits per heavy atom. The van der Waals surface area contributed by atoms with Gasteiger partial charge in [0.25, 0.3) is 0 Å². The molecule has 26 heavy (non-hydrogen) atoms. The first-order valence-electron chi connectivity index (χ1n) is 8.88. The maximum Gasteiger partial charge on any atom is 0.217 e. The fourth-order valence-electron chi connectivity index (χ4n) is 2.60. The lowest BCUT2D eigenvalue weighted by molar-refractivity contribution is -0.119. The van der Waals surface area contributed by atoms with Gasteiger partial charge in [-0.1, -0.05) is 29.8 Å². The molecule has 3 rings (SSSR count). The Balaban J connectivity index is 1.57. The fraction of sp³-hybridized carbons (Fsp3) is 0.400. The number of carbonyl (C=O) groups is 1. The zero-order valence-electron chi connectivity index (χ0n) is 15.1. The number of hydrogen-bond donors (Lipinski definition) is 1. The van der Waals surface area contributed by atoms with Crippen molar-refractivity contribution in [3.63, 3.8) is 0 Å². The second kappa shape index (κ2) is 8.41. The summed E-state index contributed by atoms with van der Waals surface area (Å²) in [5, 5.41) is 7.87. The Hall–Kier alpha value is -2.27. The van der Waals surface area contributed by atoms with Gasteiger partial charge in [-0.3, -0.25) is 9.48 Å². The maximum absolute atomic E-state index is 11.0. The van der Waals surface area contributed by atoms with Crippen LogP contribution >= 0.6 is 11.6 Å². The van der Waals surface area contributed by atoms with Gasteiger partial charge in [-0.25, -0.2) is 0 Å². The smallest absolute Gasteiger partial charge is 0.217 e. The first-order chi connectivity index (χ1) is 12.5. The summed E-state index contributed by atoms with van der Waals surface area (Å²) in [6.45, 7) is 4.81. The number of aromatic nitrogens is 2. The Morgan fingerprint density at radius 3 is 3.00 bits per heavy atom. The van der Waals surface area contributed by atoms with E-state index < -0.39 is 0 Å². The summed E-state index contributed by atoms with van der Waals surface area (Å²) in [4.78, 5) is 11.0. The molecule has 2 aromatic rings. The van der Waals surface area contributed by atoms with E-state index >= 15 is 0 Å². The first-order valence-corrected chi connectivity index (χ1v) is 9.26. The highest BCUT2D eigenvalue weighted by atomic mass is 35.5. The minimum Gasteiger partial charge on any atom is -0.493 e. The monoisotopic (exact) mass is 373 g/mol. The number of hydrogen-bond acceptors (Lipinski definition) is 3. The molecule has 1 N–H and O–H groups in total. The van der Waals surface area contributed by atoms with Crippen LogP contribution in [0.15, 0.2) is 36.7 Å². The topological polar surface area (TPSA) is 56.2 Å². The molecule has 5 nitrogen and oxygen atoms in total. The van der Waals surface area contributed by atoms with Crippen molar-refractivity contribution in [2.24, 2.45) is 5.92 Å². The van der Waals surface area contributed by atoms with Gasteiger partial charge in [0.1, 0.15) is 5.75 Å². The van der Waals surface area contributed by atoms with E-state index in [2.05, 4.69) is 10.4 Å². The molecule has 1 amide bonds. The van der Waals surface area contributed by atoms with Crippen molar-refractivity contribution in [1.82, 2.24) is 15.1 Å². The van der Waals surface area contributed by atoms with Crippen molar-refractivity contribution < 1.29 is 9.53 Å². The maximum atomic E-state index is 11.0. The van der Waals surface area contributed by atoms with Gasteiger partial charge in [0.2, 0.25) is 5.91 Å². The van der Waals surface area contributed by atoms with Gasteiger partial charge in [0.05, 0.1) is 19.3 Å². The van der Waals surface area contributed by atoms with Gasteiger partial charge in [-0.15, -0.1) is 0 Å². The summed E-state index contributed by atoms with van der Waals surface area (Å²) >= 11 is 6.39. The number of carbonyl (C=O) groups excluding carboxylic acids is 1. The van der Waals surface area contributed by atoms with Crippen LogP contribution in [0.25, 0.3) is 6.08 Å². The highest BCUT2D eigenvalue weighted by Crippen LogP contribution is 2.30. The molecule has 0 saturated heterocycles. The second-order valence-electron chi connectivity index (χ2n) is 6.83. The predicted octanol–water partition coefficient (Wildman–Crippen LogP) is 3.91. The lowest BCUT2D eigenvalue weighted by atomic mass is 10.2. The molecule has 0 spiro atoms. The molecule has 1 saturated carbocycles. The van der Waals surface area contributed by atoms with Crippen molar-refractivity contribution in [2.45, 2.75) is 39.3 Å². The molecule has 0 bridgehead atoms. The number of halogens is 1. The SMILES string of the molecule is CC(=O)N[C@@H](C)/C=C/c1cnn(Cc2ccc(OCC3CC3)cc2Cl)c1. The van der Waals surface area contributed by atoms with Crippen LogP contribution in [0, 0.1) is 5.92 Å². The molecule has 1 aliphatic carbocycles. The normalized spacial score (nSPS) is 15.2. The second-order valence-corrected chi connectivity index (χ2v) is 7.23. The van der Waals surface area contributed by atoms with Crippen LogP contribution in [0.4, 0.5) is 0 Å². The van der Waals surface area contributed by atoms with E-state index in [1.807, 2.05) is 48.2 Å². The third kappa shape index (κ3) is 5.63. The molecule has 1 fully saturated rings. The average molecular weight is 374 g/mol. The molecule has 1 heterocycles. The summed E-state index contributed by atoms with van der Waals surface area (Å²) in [6.07, 6.45) is 10.2. The van der Waals surface area contributed by atoms with E-state index in [9.17, 15) is 4.79 Å². The molecule has 138 valence electrons.